The Bertz CT molecular complexity index is 431. The van der Waals surface area contributed by atoms with Crippen LogP contribution in [-0.2, 0) is 4.74 Å². The van der Waals surface area contributed by atoms with Gasteiger partial charge in [0.05, 0.1) is 5.56 Å². The van der Waals surface area contributed by atoms with Gasteiger partial charge in [-0.15, -0.1) is 0 Å². The molecule has 1 aliphatic rings. The molecule has 1 aliphatic carbocycles. The standard InChI is InChI=1S/C16H23NO2/c1-3-12-8-4-7-11-15(12)19-16(18)13-9-5-6-10-14(13)17-2/h5-6,9-10,12,15,17H,3-4,7-8,11H2,1-2H3. The molecule has 0 radical (unpaired) electrons. The molecule has 3 nitrogen and oxygen atoms in total. The molecule has 1 saturated carbocycles. The Hall–Kier alpha value is -1.51. The third kappa shape index (κ3) is 3.28. The van der Waals surface area contributed by atoms with Gasteiger partial charge in [-0.1, -0.05) is 25.5 Å². The monoisotopic (exact) mass is 261 g/mol. The third-order valence-corrected chi connectivity index (χ3v) is 4.04. The summed E-state index contributed by atoms with van der Waals surface area (Å²) < 4.78 is 5.74. The zero-order valence-electron chi connectivity index (χ0n) is 11.8. The zero-order chi connectivity index (χ0) is 13.7. The number of rotatable bonds is 4. The van der Waals surface area contributed by atoms with Crippen molar-refractivity contribution in [3.63, 3.8) is 0 Å². The lowest BCUT2D eigenvalue weighted by atomic mass is 9.85. The average Bonchev–Trinajstić information content (AvgIpc) is 2.47. The molecule has 0 heterocycles. The minimum absolute atomic E-state index is 0.0937. The highest BCUT2D eigenvalue weighted by Crippen LogP contribution is 2.30. The minimum Gasteiger partial charge on any atom is -0.458 e. The van der Waals surface area contributed by atoms with Gasteiger partial charge in [-0.3, -0.25) is 0 Å². The lowest BCUT2D eigenvalue weighted by Crippen LogP contribution is -2.30. The van der Waals surface area contributed by atoms with Gasteiger partial charge >= 0.3 is 5.97 Å². The Morgan fingerprint density at radius 3 is 2.79 bits per heavy atom. The van der Waals surface area contributed by atoms with Gasteiger partial charge in [-0.05, 0) is 43.7 Å². The van der Waals surface area contributed by atoms with Crippen LogP contribution >= 0.6 is 0 Å². The average molecular weight is 261 g/mol. The number of anilines is 1. The second kappa shape index (κ2) is 6.60. The van der Waals surface area contributed by atoms with Crippen molar-refractivity contribution in [2.24, 2.45) is 5.92 Å². The molecule has 2 atom stereocenters. The summed E-state index contributed by atoms with van der Waals surface area (Å²) in [5.41, 5.74) is 1.46. The zero-order valence-corrected chi connectivity index (χ0v) is 11.8. The van der Waals surface area contributed by atoms with Crippen LogP contribution in [0.1, 0.15) is 49.4 Å². The summed E-state index contributed by atoms with van der Waals surface area (Å²) in [7, 11) is 1.82. The SMILES string of the molecule is CCC1CCCCC1OC(=O)c1ccccc1NC. The fraction of sp³-hybridized carbons (Fsp3) is 0.562. The van der Waals surface area contributed by atoms with Gasteiger partial charge < -0.3 is 10.1 Å². The van der Waals surface area contributed by atoms with Crippen LogP contribution in [0.5, 0.6) is 0 Å². The molecular weight excluding hydrogens is 238 g/mol. The first-order valence-corrected chi connectivity index (χ1v) is 7.24. The predicted octanol–water partition coefficient (Wildman–Crippen LogP) is 3.85. The Labute approximate surface area is 115 Å². The maximum atomic E-state index is 12.3. The van der Waals surface area contributed by atoms with Gasteiger partial charge in [0, 0.05) is 12.7 Å². The smallest absolute Gasteiger partial charge is 0.340 e. The van der Waals surface area contributed by atoms with Crippen LogP contribution < -0.4 is 5.32 Å². The molecule has 0 aliphatic heterocycles. The fourth-order valence-corrected chi connectivity index (χ4v) is 2.88. The van der Waals surface area contributed by atoms with Crippen LogP contribution in [0.15, 0.2) is 24.3 Å². The highest BCUT2D eigenvalue weighted by Gasteiger charge is 2.27. The van der Waals surface area contributed by atoms with Crippen molar-refractivity contribution in [2.45, 2.75) is 45.1 Å². The van der Waals surface area contributed by atoms with E-state index in [1.807, 2.05) is 31.3 Å². The Morgan fingerprint density at radius 2 is 2.05 bits per heavy atom. The molecule has 1 N–H and O–H groups in total. The molecule has 0 spiro atoms. The number of nitrogens with one attached hydrogen (secondary N) is 1. The van der Waals surface area contributed by atoms with E-state index >= 15 is 0 Å². The van der Waals surface area contributed by atoms with Gasteiger partial charge in [0.25, 0.3) is 0 Å². The quantitative estimate of drug-likeness (QED) is 0.836. The van der Waals surface area contributed by atoms with Crippen molar-refractivity contribution in [1.82, 2.24) is 0 Å². The van der Waals surface area contributed by atoms with E-state index in [-0.39, 0.29) is 12.1 Å². The molecule has 0 bridgehead atoms. The number of carbonyl (C=O) groups excluding carboxylic acids is 1. The van der Waals surface area contributed by atoms with Gasteiger partial charge in [-0.25, -0.2) is 4.79 Å². The van der Waals surface area contributed by atoms with Gasteiger partial charge in [0.2, 0.25) is 0 Å². The Balaban J connectivity index is 2.07. The lowest BCUT2D eigenvalue weighted by molar-refractivity contribution is 0.000812. The summed E-state index contributed by atoms with van der Waals surface area (Å²) in [6.07, 6.45) is 5.80. The summed E-state index contributed by atoms with van der Waals surface area (Å²) in [6, 6.07) is 7.50. The van der Waals surface area contributed by atoms with Crippen LogP contribution in [0.3, 0.4) is 0 Å². The molecular formula is C16H23NO2. The largest absolute Gasteiger partial charge is 0.458 e. The Kier molecular flexibility index (Phi) is 4.83. The minimum atomic E-state index is -0.199. The first-order chi connectivity index (χ1) is 9.26. The topological polar surface area (TPSA) is 38.3 Å². The number of para-hydroxylation sites is 1. The second-order valence-corrected chi connectivity index (χ2v) is 5.19. The number of esters is 1. The fourth-order valence-electron chi connectivity index (χ4n) is 2.88. The van der Waals surface area contributed by atoms with Crippen molar-refractivity contribution >= 4 is 11.7 Å². The molecule has 0 aromatic heterocycles. The molecule has 2 unspecified atom stereocenters. The predicted molar refractivity (Wildman–Crippen MR) is 77.4 cm³/mol. The van der Waals surface area contributed by atoms with Crippen molar-refractivity contribution in [1.29, 1.82) is 0 Å². The summed E-state index contributed by atoms with van der Waals surface area (Å²) in [6.45, 7) is 2.18. The van der Waals surface area contributed by atoms with Gasteiger partial charge in [0.15, 0.2) is 0 Å². The van der Waals surface area contributed by atoms with E-state index in [0.717, 1.165) is 18.5 Å². The maximum Gasteiger partial charge on any atom is 0.340 e. The molecule has 0 saturated heterocycles. The Morgan fingerprint density at radius 1 is 1.32 bits per heavy atom. The van der Waals surface area contributed by atoms with E-state index in [0.29, 0.717) is 11.5 Å². The molecule has 0 amide bonds. The van der Waals surface area contributed by atoms with Crippen molar-refractivity contribution < 1.29 is 9.53 Å². The summed E-state index contributed by atoms with van der Waals surface area (Å²) in [5, 5.41) is 3.04. The molecule has 1 fully saturated rings. The number of hydrogen-bond acceptors (Lipinski definition) is 3. The van der Waals surface area contributed by atoms with Gasteiger partial charge in [0.1, 0.15) is 6.10 Å². The van der Waals surface area contributed by atoms with Crippen LogP contribution in [0.2, 0.25) is 0 Å². The molecule has 19 heavy (non-hydrogen) atoms. The van der Waals surface area contributed by atoms with E-state index in [4.69, 9.17) is 4.74 Å². The summed E-state index contributed by atoms with van der Waals surface area (Å²) in [5.74, 6) is 0.328. The highest BCUT2D eigenvalue weighted by atomic mass is 16.5. The normalized spacial score (nSPS) is 22.8. The van der Waals surface area contributed by atoms with Crippen LogP contribution in [0.4, 0.5) is 5.69 Å². The lowest BCUT2D eigenvalue weighted by Gasteiger charge is -2.30. The van der Waals surface area contributed by atoms with E-state index in [1.165, 1.54) is 19.3 Å². The second-order valence-electron chi connectivity index (χ2n) is 5.19. The number of benzene rings is 1. The van der Waals surface area contributed by atoms with Crippen molar-refractivity contribution in [3.05, 3.63) is 29.8 Å². The molecule has 1 aromatic carbocycles. The molecule has 104 valence electrons. The van der Waals surface area contributed by atoms with Gasteiger partial charge in [-0.2, -0.15) is 0 Å². The van der Waals surface area contributed by atoms with E-state index in [9.17, 15) is 4.79 Å². The third-order valence-electron chi connectivity index (χ3n) is 4.04. The summed E-state index contributed by atoms with van der Waals surface area (Å²) >= 11 is 0. The molecule has 3 heteroatoms. The molecule has 1 aromatic rings. The van der Waals surface area contributed by atoms with E-state index < -0.39 is 0 Å². The van der Waals surface area contributed by atoms with Crippen LogP contribution in [0, 0.1) is 5.92 Å². The van der Waals surface area contributed by atoms with Crippen molar-refractivity contribution in [3.8, 4) is 0 Å². The number of hydrogen-bond donors (Lipinski definition) is 1. The van der Waals surface area contributed by atoms with Crippen molar-refractivity contribution in [2.75, 3.05) is 12.4 Å². The van der Waals surface area contributed by atoms with E-state index in [2.05, 4.69) is 12.2 Å². The summed E-state index contributed by atoms with van der Waals surface area (Å²) in [4.78, 5) is 12.3. The van der Waals surface area contributed by atoms with E-state index in [1.54, 1.807) is 0 Å². The number of carbonyl (C=O) groups is 1. The molecule has 2 rings (SSSR count). The maximum absolute atomic E-state index is 12.3. The highest BCUT2D eigenvalue weighted by molar-refractivity contribution is 5.95. The first kappa shape index (κ1) is 13.9. The van der Waals surface area contributed by atoms with Crippen LogP contribution in [-0.4, -0.2) is 19.1 Å². The number of ether oxygens (including phenoxy) is 1. The first-order valence-electron chi connectivity index (χ1n) is 7.24. The van der Waals surface area contributed by atoms with Crippen LogP contribution in [0.25, 0.3) is 0 Å².